The number of carbonyl (C=O) groups excluding carboxylic acids is 1. The first-order valence-corrected chi connectivity index (χ1v) is 10.7. The van der Waals surface area contributed by atoms with E-state index in [2.05, 4.69) is 10.3 Å². The van der Waals surface area contributed by atoms with Crippen LogP contribution in [0.1, 0.15) is 64.4 Å². The second-order valence-corrected chi connectivity index (χ2v) is 9.97. The first-order chi connectivity index (χ1) is 13.5. The van der Waals surface area contributed by atoms with Crippen LogP contribution in [0.25, 0.3) is 0 Å². The fourth-order valence-electron chi connectivity index (χ4n) is 4.49. The van der Waals surface area contributed by atoms with Gasteiger partial charge >= 0.3 is 6.09 Å². The minimum atomic E-state index is -0.519. The zero-order valence-electron chi connectivity index (χ0n) is 17.5. The number of halogens is 2. The fourth-order valence-corrected chi connectivity index (χ4v) is 4.66. The van der Waals surface area contributed by atoms with Crippen molar-refractivity contribution in [1.82, 2.24) is 10.3 Å². The lowest BCUT2D eigenvalue weighted by molar-refractivity contribution is -0.891. The van der Waals surface area contributed by atoms with Crippen molar-refractivity contribution in [2.45, 2.75) is 64.4 Å². The summed E-state index contributed by atoms with van der Waals surface area (Å²) in [5.41, 5.74) is -0.0835. The van der Waals surface area contributed by atoms with Gasteiger partial charge < -0.3 is 19.9 Å². The number of piperidine rings is 1. The molecule has 2 unspecified atom stereocenters. The summed E-state index contributed by atoms with van der Waals surface area (Å²) in [4.78, 5) is 15.4. The summed E-state index contributed by atoms with van der Waals surface area (Å²) in [5.74, 6) is -0.451. The quantitative estimate of drug-likeness (QED) is 0.307. The largest absolute Gasteiger partial charge is 0.633 e. The number of nitrogens with one attached hydrogen (secondary N) is 1. The van der Waals surface area contributed by atoms with E-state index in [1.165, 1.54) is 6.20 Å². The second kappa shape index (κ2) is 8.36. The van der Waals surface area contributed by atoms with Crippen LogP contribution in [0.2, 0.25) is 5.02 Å². The molecule has 1 aliphatic heterocycles. The Balaban J connectivity index is 1.48. The third kappa shape index (κ3) is 5.80. The van der Waals surface area contributed by atoms with Crippen molar-refractivity contribution in [2.24, 2.45) is 5.41 Å². The average Bonchev–Trinajstić information content (AvgIpc) is 3.35. The Hall–Kier alpha value is -1.44. The highest BCUT2D eigenvalue weighted by molar-refractivity contribution is 6.30. The highest BCUT2D eigenvalue weighted by Gasteiger charge is 2.57. The smallest absolute Gasteiger partial charge is 0.407 e. The van der Waals surface area contributed by atoms with Crippen LogP contribution in [0.5, 0.6) is 0 Å². The van der Waals surface area contributed by atoms with E-state index >= 15 is 0 Å². The zero-order valence-corrected chi connectivity index (χ0v) is 18.2. The van der Waals surface area contributed by atoms with E-state index in [9.17, 15) is 14.4 Å². The minimum Gasteiger partial charge on any atom is -0.633 e. The normalized spacial score (nSPS) is 25.7. The molecule has 0 bridgehead atoms. The molecule has 1 saturated heterocycles. The maximum Gasteiger partial charge on any atom is 0.407 e. The lowest BCUT2D eigenvalue weighted by Gasteiger charge is -2.51. The molecule has 0 aromatic carbocycles. The molecule has 6 nitrogen and oxygen atoms in total. The van der Waals surface area contributed by atoms with Gasteiger partial charge in [0.25, 0.3) is 0 Å². The van der Waals surface area contributed by atoms with E-state index < -0.39 is 17.6 Å². The summed E-state index contributed by atoms with van der Waals surface area (Å²) >= 11 is 6.03. The molecule has 1 aromatic heterocycles. The highest BCUT2D eigenvalue weighted by Crippen LogP contribution is 2.61. The van der Waals surface area contributed by atoms with Gasteiger partial charge in [0, 0.05) is 36.1 Å². The lowest BCUT2D eigenvalue weighted by Crippen LogP contribution is -2.53. The Morgan fingerprint density at radius 3 is 2.83 bits per heavy atom. The van der Waals surface area contributed by atoms with Gasteiger partial charge in [0.15, 0.2) is 0 Å². The topological polar surface area (TPSA) is 74.3 Å². The van der Waals surface area contributed by atoms with Crippen molar-refractivity contribution in [2.75, 3.05) is 26.2 Å². The number of alkyl carbamates (subject to hydrolysis) is 1. The standard InChI is InChI=1S/C21H31ClFN3O3/c1-20(2,3)29-19(27)24-9-4-5-10-26(28)11-6-17(21(14-26)7-8-21)16-12-15(22)13-25-18(16)23/h12-13,17H,4-11,14H2,1-3H3,(H,24,27). The van der Waals surface area contributed by atoms with Gasteiger partial charge in [0.1, 0.15) is 5.60 Å². The average molecular weight is 428 g/mol. The third-order valence-electron chi connectivity index (χ3n) is 5.93. The summed E-state index contributed by atoms with van der Waals surface area (Å²) in [6.45, 7) is 7.45. The SMILES string of the molecule is CC(C)(C)OC(=O)NCCCC[N+]1([O-])CCC(c2cc(Cl)cnc2F)C2(CC2)C1. The maximum atomic E-state index is 14.3. The number of hydrogen-bond acceptors (Lipinski definition) is 4. The predicted octanol–water partition coefficient (Wildman–Crippen LogP) is 4.76. The molecule has 8 heteroatoms. The Kier molecular flexibility index (Phi) is 6.41. The van der Waals surface area contributed by atoms with Crippen molar-refractivity contribution in [3.05, 3.63) is 34.0 Å². The number of pyridine rings is 1. The Bertz CT molecular complexity index is 751. The van der Waals surface area contributed by atoms with Crippen molar-refractivity contribution >= 4 is 17.7 Å². The van der Waals surface area contributed by atoms with Gasteiger partial charge in [-0.05, 0) is 52.5 Å². The van der Waals surface area contributed by atoms with Gasteiger partial charge in [-0.15, -0.1) is 0 Å². The summed E-state index contributed by atoms with van der Waals surface area (Å²) in [5, 5.41) is 16.4. The molecular weight excluding hydrogens is 397 g/mol. The van der Waals surface area contributed by atoms with Crippen molar-refractivity contribution in [3.63, 3.8) is 0 Å². The van der Waals surface area contributed by atoms with Gasteiger partial charge in [0.05, 0.1) is 24.7 Å². The number of unbranched alkanes of at least 4 members (excludes halogenated alkanes) is 1. The highest BCUT2D eigenvalue weighted by atomic mass is 35.5. The maximum absolute atomic E-state index is 14.3. The number of carbonyl (C=O) groups is 1. The first kappa shape index (κ1) is 22.2. The fraction of sp³-hybridized carbons (Fsp3) is 0.714. The molecule has 2 aliphatic rings. The molecule has 0 radical (unpaired) electrons. The van der Waals surface area contributed by atoms with Gasteiger partial charge in [0.2, 0.25) is 5.95 Å². The van der Waals surface area contributed by atoms with Crippen LogP contribution in [0, 0.1) is 16.6 Å². The lowest BCUT2D eigenvalue weighted by atomic mass is 9.77. The molecular formula is C21H31ClFN3O3. The summed E-state index contributed by atoms with van der Waals surface area (Å²) < 4.78 is 19.2. The number of amides is 1. The second-order valence-electron chi connectivity index (χ2n) is 9.54. The van der Waals surface area contributed by atoms with Gasteiger partial charge in [-0.3, -0.25) is 0 Å². The molecule has 1 spiro atoms. The number of aromatic nitrogens is 1. The van der Waals surface area contributed by atoms with E-state index in [0.717, 1.165) is 25.7 Å². The molecule has 162 valence electrons. The Morgan fingerprint density at radius 1 is 1.45 bits per heavy atom. The van der Waals surface area contributed by atoms with Crippen LogP contribution in [-0.2, 0) is 4.74 Å². The van der Waals surface area contributed by atoms with Crippen LogP contribution in [0.3, 0.4) is 0 Å². The number of rotatable bonds is 6. The third-order valence-corrected chi connectivity index (χ3v) is 6.14. The Labute approximate surface area is 176 Å². The zero-order chi connectivity index (χ0) is 21.3. The molecule has 1 N–H and O–H groups in total. The Morgan fingerprint density at radius 2 is 2.17 bits per heavy atom. The number of hydrogen-bond donors (Lipinski definition) is 1. The van der Waals surface area contributed by atoms with E-state index in [1.807, 2.05) is 20.8 Å². The predicted molar refractivity (Wildman–Crippen MR) is 110 cm³/mol. The molecule has 1 aliphatic carbocycles. The summed E-state index contributed by atoms with van der Waals surface area (Å²) in [6, 6.07) is 1.67. The summed E-state index contributed by atoms with van der Waals surface area (Å²) in [6.07, 6.45) is 4.90. The van der Waals surface area contributed by atoms with Gasteiger partial charge in [-0.2, -0.15) is 4.39 Å². The first-order valence-electron chi connectivity index (χ1n) is 10.4. The van der Waals surface area contributed by atoms with Crippen molar-refractivity contribution in [3.8, 4) is 0 Å². The molecule has 1 amide bonds. The minimum absolute atomic E-state index is 0.0164. The van der Waals surface area contributed by atoms with Gasteiger partial charge in [-0.25, -0.2) is 9.78 Å². The van der Waals surface area contributed by atoms with Crippen molar-refractivity contribution in [1.29, 1.82) is 0 Å². The van der Waals surface area contributed by atoms with Crippen molar-refractivity contribution < 1.29 is 18.6 Å². The number of nitrogens with zero attached hydrogens (tertiary/aromatic N) is 2. The van der Waals surface area contributed by atoms with Gasteiger partial charge in [-0.1, -0.05) is 11.6 Å². The number of ether oxygens (including phenoxy) is 1. The van der Waals surface area contributed by atoms with E-state index in [1.54, 1.807) is 6.07 Å². The number of hydroxylamine groups is 3. The molecule has 2 atom stereocenters. The number of likely N-dealkylation sites (tertiary alicyclic amines) is 1. The molecule has 2 heterocycles. The van der Waals surface area contributed by atoms with E-state index in [0.29, 0.717) is 43.2 Å². The van der Waals surface area contributed by atoms with Crippen LogP contribution in [-0.4, -0.2) is 47.5 Å². The monoisotopic (exact) mass is 427 g/mol. The molecule has 1 saturated carbocycles. The number of quaternary nitrogens is 1. The van der Waals surface area contributed by atoms with Crippen LogP contribution in [0.4, 0.5) is 9.18 Å². The molecule has 29 heavy (non-hydrogen) atoms. The molecule has 2 fully saturated rings. The van der Waals surface area contributed by atoms with E-state index in [-0.39, 0.29) is 16.0 Å². The summed E-state index contributed by atoms with van der Waals surface area (Å²) in [7, 11) is 0. The van der Waals surface area contributed by atoms with Crippen LogP contribution in [0.15, 0.2) is 12.3 Å². The van der Waals surface area contributed by atoms with Crippen LogP contribution >= 0.6 is 11.6 Å². The molecule has 1 aromatic rings. The van der Waals surface area contributed by atoms with Crippen LogP contribution < -0.4 is 5.32 Å². The molecule has 3 rings (SSSR count). The van der Waals surface area contributed by atoms with E-state index in [4.69, 9.17) is 16.3 Å².